The molecule has 0 radical (unpaired) electrons. The highest BCUT2D eigenvalue weighted by atomic mass is 16.5. The predicted octanol–water partition coefficient (Wildman–Crippen LogP) is 2.35. The van der Waals surface area contributed by atoms with Gasteiger partial charge in [-0.3, -0.25) is 4.98 Å². The fraction of sp³-hybridized carbons (Fsp3) is 0.143. The zero-order valence-electron chi connectivity index (χ0n) is 10.7. The molecule has 1 N–H and O–H groups in total. The van der Waals surface area contributed by atoms with Crippen molar-refractivity contribution in [1.29, 1.82) is 0 Å². The van der Waals surface area contributed by atoms with E-state index in [1.807, 2.05) is 29.8 Å². The first-order valence-corrected chi connectivity index (χ1v) is 5.84. The number of ether oxygens (including phenoxy) is 1. The second kappa shape index (κ2) is 4.28. The van der Waals surface area contributed by atoms with E-state index in [2.05, 4.69) is 9.97 Å². The van der Waals surface area contributed by atoms with Crippen molar-refractivity contribution in [3.8, 4) is 22.9 Å². The van der Waals surface area contributed by atoms with Gasteiger partial charge in [-0.1, -0.05) is 0 Å². The number of fused-ring (bicyclic) bond motifs is 1. The third kappa shape index (κ3) is 1.89. The molecule has 0 amide bonds. The van der Waals surface area contributed by atoms with Crippen LogP contribution in [0.1, 0.15) is 0 Å². The maximum Gasteiger partial charge on any atom is 0.142 e. The van der Waals surface area contributed by atoms with Crippen LogP contribution in [0.4, 0.5) is 0 Å². The molecular formula is C14H13N3O2. The number of nitrogens with zero attached hydrogens (tertiary/aromatic N) is 3. The molecule has 0 saturated heterocycles. The van der Waals surface area contributed by atoms with E-state index in [-0.39, 0.29) is 5.75 Å². The van der Waals surface area contributed by atoms with Gasteiger partial charge in [-0.15, -0.1) is 0 Å². The Balaban J connectivity index is 2.22. The van der Waals surface area contributed by atoms with E-state index in [0.717, 1.165) is 28.2 Å². The van der Waals surface area contributed by atoms with Gasteiger partial charge in [-0.05, 0) is 18.2 Å². The molecule has 0 aliphatic heterocycles. The van der Waals surface area contributed by atoms with Crippen LogP contribution in [0, 0.1) is 0 Å². The molecule has 19 heavy (non-hydrogen) atoms. The van der Waals surface area contributed by atoms with Gasteiger partial charge in [0.2, 0.25) is 0 Å². The number of aryl methyl sites for hydroxylation is 1. The van der Waals surface area contributed by atoms with Crippen molar-refractivity contribution < 1.29 is 9.84 Å². The summed E-state index contributed by atoms with van der Waals surface area (Å²) < 4.78 is 7.16. The van der Waals surface area contributed by atoms with Gasteiger partial charge in [0.15, 0.2) is 0 Å². The highest BCUT2D eigenvalue weighted by Gasteiger charge is 2.11. The molecule has 0 unspecified atom stereocenters. The predicted molar refractivity (Wildman–Crippen MR) is 72.2 cm³/mol. The average Bonchev–Trinajstić information content (AvgIpc) is 2.75. The fourth-order valence-electron chi connectivity index (χ4n) is 2.11. The molecule has 0 aliphatic rings. The average molecular weight is 255 g/mol. The van der Waals surface area contributed by atoms with Crippen LogP contribution >= 0.6 is 0 Å². The van der Waals surface area contributed by atoms with E-state index in [1.54, 1.807) is 19.4 Å². The molecule has 1 aromatic carbocycles. The van der Waals surface area contributed by atoms with Crippen molar-refractivity contribution in [3.05, 3.63) is 36.7 Å². The number of aromatic nitrogens is 3. The summed E-state index contributed by atoms with van der Waals surface area (Å²) in [5.41, 5.74) is 2.62. The number of aromatic hydroxyl groups is 1. The van der Waals surface area contributed by atoms with Gasteiger partial charge >= 0.3 is 0 Å². The lowest BCUT2D eigenvalue weighted by Crippen LogP contribution is -1.92. The van der Waals surface area contributed by atoms with E-state index in [9.17, 15) is 5.11 Å². The normalized spacial score (nSPS) is 10.8. The van der Waals surface area contributed by atoms with Crippen molar-refractivity contribution in [1.82, 2.24) is 14.5 Å². The number of hydrogen-bond donors (Lipinski definition) is 1. The van der Waals surface area contributed by atoms with Crippen LogP contribution in [0.15, 0.2) is 36.7 Å². The highest BCUT2D eigenvalue weighted by molar-refractivity contribution is 5.81. The van der Waals surface area contributed by atoms with Gasteiger partial charge in [-0.2, -0.15) is 0 Å². The van der Waals surface area contributed by atoms with Crippen molar-refractivity contribution in [2.24, 2.45) is 7.05 Å². The maximum atomic E-state index is 9.50. The van der Waals surface area contributed by atoms with Crippen LogP contribution in [-0.4, -0.2) is 26.8 Å². The van der Waals surface area contributed by atoms with Gasteiger partial charge in [0.25, 0.3) is 0 Å². The van der Waals surface area contributed by atoms with Crippen molar-refractivity contribution >= 4 is 11.0 Å². The molecule has 2 aromatic heterocycles. The van der Waals surface area contributed by atoms with Gasteiger partial charge in [0.05, 0.1) is 24.3 Å². The van der Waals surface area contributed by atoms with Crippen LogP contribution in [-0.2, 0) is 7.05 Å². The number of benzene rings is 1. The van der Waals surface area contributed by atoms with Crippen LogP contribution in [0.25, 0.3) is 22.4 Å². The highest BCUT2D eigenvalue weighted by Crippen LogP contribution is 2.27. The molecule has 5 nitrogen and oxygen atoms in total. The number of methoxy groups -OCH3 is 1. The number of rotatable bonds is 2. The topological polar surface area (TPSA) is 60.2 Å². The fourth-order valence-corrected chi connectivity index (χ4v) is 2.11. The molecule has 3 aromatic rings. The van der Waals surface area contributed by atoms with E-state index < -0.39 is 0 Å². The largest absolute Gasteiger partial charge is 0.506 e. The molecule has 0 bridgehead atoms. The Labute approximate surface area is 110 Å². The Kier molecular flexibility index (Phi) is 2.59. The van der Waals surface area contributed by atoms with E-state index in [4.69, 9.17) is 4.74 Å². The number of hydrogen-bond acceptors (Lipinski definition) is 4. The van der Waals surface area contributed by atoms with Gasteiger partial charge in [0, 0.05) is 24.9 Å². The van der Waals surface area contributed by atoms with Crippen molar-refractivity contribution in [3.63, 3.8) is 0 Å². The van der Waals surface area contributed by atoms with Crippen LogP contribution < -0.4 is 4.74 Å². The quantitative estimate of drug-likeness (QED) is 0.763. The third-order valence-corrected chi connectivity index (χ3v) is 3.07. The molecule has 5 heteroatoms. The Hall–Kier alpha value is -2.56. The standard InChI is InChI=1S/C14H13N3O2/c1-17-13-4-3-11(19-2)6-12(13)16-14(17)9-5-10(18)8-15-7-9/h3-8,18H,1-2H3. The van der Waals surface area contributed by atoms with Gasteiger partial charge < -0.3 is 14.4 Å². The lowest BCUT2D eigenvalue weighted by molar-refractivity contribution is 0.415. The van der Waals surface area contributed by atoms with Crippen molar-refractivity contribution in [2.45, 2.75) is 0 Å². The van der Waals surface area contributed by atoms with Gasteiger partial charge in [-0.25, -0.2) is 4.98 Å². The Morgan fingerprint density at radius 1 is 1.21 bits per heavy atom. The summed E-state index contributed by atoms with van der Waals surface area (Å²) >= 11 is 0. The van der Waals surface area contributed by atoms with E-state index >= 15 is 0 Å². The number of imidazole rings is 1. The minimum absolute atomic E-state index is 0.127. The first-order valence-electron chi connectivity index (χ1n) is 5.84. The van der Waals surface area contributed by atoms with E-state index in [1.165, 1.54) is 6.20 Å². The summed E-state index contributed by atoms with van der Waals surface area (Å²) in [6.45, 7) is 0. The first kappa shape index (κ1) is 11.5. The molecule has 2 heterocycles. The molecule has 0 aliphatic carbocycles. The molecule has 0 fully saturated rings. The number of pyridine rings is 1. The molecular weight excluding hydrogens is 242 g/mol. The Morgan fingerprint density at radius 2 is 2.05 bits per heavy atom. The minimum atomic E-state index is 0.127. The SMILES string of the molecule is COc1ccc2c(c1)nc(-c1cncc(O)c1)n2C. The molecule has 0 saturated carbocycles. The van der Waals surface area contributed by atoms with Crippen LogP contribution in [0.5, 0.6) is 11.5 Å². The van der Waals surface area contributed by atoms with Gasteiger partial charge in [0.1, 0.15) is 17.3 Å². The zero-order valence-corrected chi connectivity index (χ0v) is 10.7. The lowest BCUT2D eigenvalue weighted by atomic mass is 10.2. The molecule has 3 rings (SSSR count). The smallest absolute Gasteiger partial charge is 0.142 e. The summed E-state index contributed by atoms with van der Waals surface area (Å²) in [7, 11) is 3.56. The summed E-state index contributed by atoms with van der Waals surface area (Å²) in [6.07, 6.45) is 3.08. The molecule has 0 atom stereocenters. The summed E-state index contributed by atoms with van der Waals surface area (Å²) in [6, 6.07) is 7.38. The third-order valence-electron chi connectivity index (χ3n) is 3.07. The summed E-state index contributed by atoms with van der Waals surface area (Å²) in [5.74, 6) is 1.65. The van der Waals surface area contributed by atoms with Crippen LogP contribution in [0.3, 0.4) is 0 Å². The second-order valence-electron chi connectivity index (χ2n) is 4.28. The van der Waals surface area contributed by atoms with Crippen LogP contribution in [0.2, 0.25) is 0 Å². The maximum absolute atomic E-state index is 9.50. The Bertz CT molecular complexity index is 750. The van der Waals surface area contributed by atoms with E-state index in [0.29, 0.717) is 0 Å². The lowest BCUT2D eigenvalue weighted by Gasteiger charge is -2.02. The second-order valence-corrected chi connectivity index (χ2v) is 4.28. The summed E-state index contributed by atoms with van der Waals surface area (Å²) in [4.78, 5) is 8.54. The monoisotopic (exact) mass is 255 g/mol. The Morgan fingerprint density at radius 3 is 2.79 bits per heavy atom. The minimum Gasteiger partial charge on any atom is -0.506 e. The molecule has 96 valence electrons. The zero-order chi connectivity index (χ0) is 13.4. The first-order chi connectivity index (χ1) is 9.19. The molecule has 0 spiro atoms. The van der Waals surface area contributed by atoms with Crippen molar-refractivity contribution in [2.75, 3.05) is 7.11 Å². The summed E-state index contributed by atoms with van der Waals surface area (Å²) in [5, 5.41) is 9.50.